The second-order valence-electron chi connectivity index (χ2n) is 11.9. The Balaban J connectivity index is 1.42. The van der Waals surface area contributed by atoms with Crippen molar-refractivity contribution in [2.75, 3.05) is 11.9 Å². The van der Waals surface area contributed by atoms with E-state index in [0.717, 1.165) is 22.4 Å². The van der Waals surface area contributed by atoms with Crippen molar-refractivity contribution in [2.45, 2.75) is 58.0 Å². The van der Waals surface area contributed by atoms with Crippen LogP contribution in [0.2, 0.25) is 0 Å². The van der Waals surface area contributed by atoms with Gasteiger partial charge in [0, 0.05) is 41.6 Å². The Kier molecular flexibility index (Phi) is 10.1. The molecule has 13 heteroatoms. The smallest absolute Gasteiger partial charge is 0.323 e. The summed E-state index contributed by atoms with van der Waals surface area (Å²) in [5, 5.41) is 15.9. The summed E-state index contributed by atoms with van der Waals surface area (Å²) in [6.45, 7) is 6.84. The van der Waals surface area contributed by atoms with Crippen molar-refractivity contribution in [3.05, 3.63) is 122 Å². The van der Waals surface area contributed by atoms with Crippen molar-refractivity contribution in [3.8, 4) is 0 Å². The molecule has 1 amide bonds. The Labute approximate surface area is 278 Å². The molecule has 1 atom stereocenters. The van der Waals surface area contributed by atoms with Crippen LogP contribution < -0.4 is 20.8 Å². The molecule has 0 radical (unpaired) electrons. The minimum absolute atomic E-state index is 0.0197. The Morgan fingerprint density at radius 2 is 1.62 bits per heavy atom. The molecule has 0 aliphatic heterocycles. The summed E-state index contributed by atoms with van der Waals surface area (Å²) in [5.74, 6) is -1.68. The highest BCUT2D eigenvalue weighted by Gasteiger charge is 2.29. The first-order valence-electron chi connectivity index (χ1n) is 15.4. The average Bonchev–Trinajstić information content (AvgIpc) is 3.45. The number of hydrogen-bond donors (Lipinski definition) is 6. The molecule has 2 aromatic heterocycles. The molecule has 6 N–H and O–H groups in total. The first-order chi connectivity index (χ1) is 22.8. The zero-order valence-electron chi connectivity index (χ0n) is 27.1. The van der Waals surface area contributed by atoms with Crippen LogP contribution in [0, 0.1) is 27.7 Å². The second kappa shape index (κ2) is 14.2. The van der Waals surface area contributed by atoms with Gasteiger partial charge in [0.15, 0.2) is 0 Å². The number of nitrogens with zero attached hydrogens (tertiary/aromatic N) is 1. The maximum atomic E-state index is 13.9. The molecular weight excluding hydrogens is 632 g/mol. The lowest BCUT2D eigenvalue weighted by molar-refractivity contribution is -0.138. The molecular formula is C35H38N6O6S. The number of carbonyl (C=O) groups is 2. The Morgan fingerprint density at radius 1 is 0.917 bits per heavy atom. The standard InChI is InChI=1S/C35H38N6O6S/c1-20-14-21(2)32(22(3)15-20)48(46,47)41-29(34(44)45)19-36-33(43)30-27(13-11-24-8-6-5-7-9-24)40-28-16-25(10-12-26(28)31(30)42)18-38-35-37-17-23(4)39-35/h5-10,12,14-17,29,41H,11,13,18-19H2,1-4H3,(H,36,43)(H,40,42)(H,44,45)(H2,37,38,39). The van der Waals surface area contributed by atoms with E-state index in [2.05, 4.69) is 30.3 Å². The first-order valence-corrected chi connectivity index (χ1v) is 16.9. The number of rotatable bonds is 13. The summed E-state index contributed by atoms with van der Waals surface area (Å²) in [6, 6.07) is 16.5. The van der Waals surface area contributed by atoms with Crippen LogP contribution in [0.15, 0.2) is 76.6 Å². The van der Waals surface area contributed by atoms with Crippen LogP contribution in [0.4, 0.5) is 5.95 Å². The highest BCUT2D eigenvalue weighted by atomic mass is 32.2. The van der Waals surface area contributed by atoms with Gasteiger partial charge in [-0.15, -0.1) is 0 Å². The van der Waals surface area contributed by atoms with E-state index in [1.54, 1.807) is 44.3 Å². The lowest BCUT2D eigenvalue weighted by atomic mass is 10.0. The van der Waals surface area contributed by atoms with Gasteiger partial charge in [0.1, 0.15) is 11.6 Å². The first kappa shape index (κ1) is 34.1. The number of imidazole rings is 1. The SMILES string of the molecule is Cc1cc(C)c(S(=O)(=O)NC(CNC(=O)c2c(CCc3ccccc3)[nH]c3cc(CNc4ncc(C)[nH]4)ccc3c2=O)C(=O)O)c(C)c1. The maximum absolute atomic E-state index is 13.9. The predicted octanol–water partition coefficient (Wildman–Crippen LogP) is 4.04. The normalized spacial score (nSPS) is 12.2. The molecule has 0 spiro atoms. The van der Waals surface area contributed by atoms with Crippen molar-refractivity contribution in [2.24, 2.45) is 0 Å². The number of aliphatic carboxylic acids is 1. The molecule has 0 aliphatic carbocycles. The third-order valence-electron chi connectivity index (χ3n) is 7.98. The number of fused-ring (bicyclic) bond motifs is 1. The van der Waals surface area contributed by atoms with Gasteiger partial charge in [-0.05, 0) is 74.9 Å². The topological polar surface area (TPSA) is 186 Å². The minimum Gasteiger partial charge on any atom is -0.480 e. The van der Waals surface area contributed by atoms with Gasteiger partial charge in [0.25, 0.3) is 5.91 Å². The van der Waals surface area contributed by atoms with Crippen LogP contribution in [0.1, 0.15) is 49.6 Å². The summed E-state index contributed by atoms with van der Waals surface area (Å²) in [7, 11) is -4.27. The number of benzene rings is 3. The molecule has 2 heterocycles. The largest absolute Gasteiger partial charge is 0.480 e. The second-order valence-corrected chi connectivity index (χ2v) is 13.5. The highest BCUT2D eigenvalue weighted by molar-refractivity contribution is 7.89. The predicted molar refractivity (Wildman–Crippen MR) is 184 cm³/mol. The summed E-state index contributed by atoms with van der Waals surface area (Å²) in [5.41, 5.74) is 4.81. The quantitative estimate of drug-likeness (QED) is 0.108. The van der Waals surface area contributed by atoms with Gasteiger partial charge in [-0.25, -0.2) is 13.4 Å². The van der Waals surface area contributed by atoms with Gasteiger partial charge in [-0.2, -0.15) is 4.72 Å². The number of nitrogens with one attached hydrogen (secondary N) is 5. The molecule has 0 fully saturated rings. The van der Waals surface area contributed by atoms with E-state index < -0.39 is 39.9 Å². The molecule has 0 aliphatic rings. The third kappa shape index (κ3) is 7.81. The van der Waals surface area contributed by atoms with Crippen molar-refractivity contribution < 1.29 is 23.1 Å². The zero-order valence-corrected chi connectivity index (χ0v) is 27.9. The van der Waals surface area contributed by atoms with Crippen molar-refractivity contribution in [1.82, 2.24) is 25.0 Å². The molecule has 5 aromatic rings. The van der Waals surface area contributed by atoms with Crippen molar-refractivity contribution in [1.29, 1.82) is 0 Å². The Morgan fingerprint density at radius 3 is 2.27 bits per heavy atom. The molecule has 0 bridgehead atoms. The van der Waals surface area contributed by atoms with E-state index in [1.807, 2.05) is 50.2 Å². The van der Waals surface area contributed by atoms with Gasteiger partial charge in [0.2, 0.25) is 21.4 Å². The summed E-state index contributed by atoms with van der Waals surface area (Å²) in [4.78, 5) is 50.3. The van der Waals surface area contributed by atoms with Crippen LogP contribution in [0.5, 0.6) is 0 Å². The number of carboxylic acid groups (broad SMARTS) is 1. The summed E-state index contributed by atoms with van der Waals surface area (Å²) >= 11 is 0. The number of aromatic amines is 2. The van der Waals surface area contributed by atoms with Crippen LogP contribution in [0.3, 0.4) is 0 Å². The molecule has 0 saturated carbocycles. The number of carboxylic acids is 1. The Bertz CT molecular complexity index is 2130. The number of aromatic nitrogens is 3. The number of hydrogen-bond acceptors (Lipinski definition) is 7. The minimum atomic E-state index is -4.27. The number of H-pyrrole nitrogens is 2. The lowest BCUT2D eigenvalue weighted by Gasteiger charge is -2.19. The Hall–Kier alpha value is -5.27. The van der Waals surface area contributed by atoms with E-state index >= 15 is 0 Å². The fourth-order valence-corrected chi connectivity index (χ4v) is 7.47. The van der Waals surface area contributed by atoms with E-state index in [-0.39, 0.29) is 15.8 Å². The maximum Gasteiger partial charge on any atom is 0.323 e. The van der Waals surface area contributed by atoms with Crippen LogP contribution in [-0.2, 0) is 34.2 Å². The van der Waals surface area contributed by atoms with E-state index in [1.165, 1.54) is 0 Å². The van der Waals surface area contributed by atoms with Gasteiger partial charge >= 0.3 is 5.97 Å². The fraction of sp³-hybridized carbons (Fsp3) is 0.257. The molecule has 5 rings (SSSR count). The number of pyridine rings is 1. The van der Waals surface area contributed by atoms with Gasteiger partial charge in [0.05, 0.1) is 4.90 Å². The molecule has 1 unspecified atom stereocenters. The molecule has 3 aromatic carbocycles. The fourth-order valence-electron chi connectivity index (χ4n) is 5.83. The number of aryl methyl sites for hydroxylation is 6. The van der Waals surface area contributed by atoms with Crippen molar-refractivity contribution in [3.63, 3.8) is 0 Å². The van der Waals surface area contributed by atoms with Crippen LogP contribution in [-0.4, -0.2) is 52.9 Å². The number of amides is 1. The van der Waals surface area contributed by atoms with E-state index in [4.69, 9.17) is 0 Å². The average molecular weight is 671 g/mol. The van der Waals surface area contributed by atoms with Gasteiger partial charge < -0.3 is 25.7 Å². The number of carbonyl (C=O) groups excluding carboxylic acids is 1. The van der Waals surface area contributed by atoms with E-state index in [9.17, 15) is 27.9 Å². The van der Waals surface area contributed by atoms with Gasteiger partial charge in [-0.3, -0.25) is 14.4 Å². The monoisotopic (exact) mass is 670 g/mol. The number of anilines is 1. The van der Waals surface area contributed by atoms with Crippen LogP contribution >= 0.6 is 0 Å². The van der Waals surface area contributed by atoms with Crippen molar-refractivity contribution >= 4 is 38.8 Å². The highest BCUT2D eigenvalue weighted by Crippen LogP contribution is 2.22. The van der Waals surface area contributed by atoms with Crippen LogP contribution in [0.25, 0.3) is 10.9 Å². The molecule has 48 heavy (non-hydrogen) atoms. The molecule has 0 saturated heterocycles. The lowest BCUT2D eigenvalue weighted by Crippen LogP contribution is -2.49. The van der Waals surface area contributed by atoms with Gasteiger partial charge in [-0.1, -0.05) is 54.1 Å². The molecule has 250 valence electrons. The number of sulfonamides is 1. The summed E-state index contributed by atoms with van der Waals surface area (Å²) < 4.78 is 28.8. The van der Waals surface area contributed by atoms with E-state index in [0.29, 0.717) is 47.7 Å². The third-order valence-corrected chi connectivity index (χ3v) is 9.75. The molecule has 12 nitrogen and oxygen atoms in total. The summed E-state index contributed by atoms with van der Waals surface area (Å²) in [6.07, 6.45) is 2.55. The zero-order chi connectivity index (χ0) is 34.6.